The van der Waals surface area contributed by atoms with E-state index in [-0.39, 0.29) is 0 Å². The van der Waals surface area contributed by atoms with Crippen LogP contribution in [0, 0.1) is 17.7 Å². The molecule has 0 aliphatic heterocycles. The smallest absolute Gasteiger partial charge is 0.140 e. The first-order valence-corrected chi connectivity index (χ1v) is 11.7. The maximum atomic E-state index is 13.8. The molecular weight excluding hydrogens is 403 g/mol. The second-order valence-corrected chi connectivity index (χ2v) is 8.46. The lowest BCUT2D eigenvalue weighted by molar-refractivity contribution is 0.589. The second kappa shape index (κ2) is 12.3. The summed E-state index contributed by atoms with van der Waals surface area (Å²) in [7, 11) is 0. The van der Waals surface area contributed by atoms with Gasteiger partial charge in [0, 0.05) is 10.6 Å². The Morgan fingerprint density at radius 1 is 0.710 bits per heavy atom. The zero-order chi connectivity index (χ0) is 21.9. The molecule has 0 aliphatic rings. The van der Waals surface area contributed by atoms with Crippen LogP contribution in [0.3, 0.4) is 0 Å². The Morgan fingerprint density at radius 2 is 1.32 bits per heavy atom. The molecule has 2 heteroatoms. The summed E-state index contributed by atoms with van der Waals surface area (Å²) in [4.78, 5) is 0. The van der Waals surface area contributed by atoms with E-state index >= 15 is 0 Å². The summed E-state index contributed by atoms with van der Waals surface area (Å²) >= 11 is 5.78. The van der Waals surface area contributed by atoms with Crippen molar-refractivity contribution < 1.29 is 4.39 Å². The van der Waals surface area contributed by atoms with Crippen LogP contribution >= 0.6 is 11.6 Å². The van der Waals surface area contributed by atoms with Crippen LogP contribution in [0.4, 0.5) is 4.39 Å². The van der Waals surface area contributed by atoms with Gasteiger partial charge in [-0.1, -0.05) is 105 Å². The minimum atomic E-state index is -0.395. The van der Waals surface area contributed by atoms with Crippen molar-refractivity contribution in [1.82, 2.24) is 0 Å². The van der Waals surface area contributed by atoms with Crippen molar-refractivity contribution >= 4 is 11.6 Å². The minimum absolute atomic E-state index is 0.352. The highest BCUT2D eigenvalue weighted by atomic mass is 35.5. The van der Waals surface area contributed by atoms with Crippen LogP contribution < -0.4 is 0 Å². The van der Waals surface area contributed by atoms with E-state index in [0.717, 1.165) is 17.5 Å². The fraction of sp³-hybridized carbons (Fsp3) is 0.310. The van der Waals surface area contributed by atoms with Gasteiger partial charge >= 0.3 is 0 Å². The predicted molar refractivity (Wildman–Crippen MR) is 131 cm³/mol. The largest absolute Gasteiger partial charge is 0.206 e. The minimum Gasteiger partial charge on any atom is -0.206 e. The molecule has 3 aromatic rings. The lowest BCUT2D eigenvalue weighted by Crippen LogP contribution is -1.87. The number of hydrogen-bond donors (Lipinski definition) is 0. The van der Waals surface area contributed by atoms with Gasteiger partial charge in [0.2, 0.25) is 0 Å². The summed E-state index contributed by atoms with van der Waals surface area (Å²) in [6.45, 7) is 2.26. The van der Waals surface area contributed by atoms with Gasteiger partial charge in [0.1, 0.15) is 5.82 Å². The summed E-state index contributed by atoms with van der Waals surface area (Å²) in [6, 6.07) is 21.5. The van der Waals surface area contributed by atoms with E-state index in [4.69, 9.17) is 11.6 Å². The van der Waals surface area contributed by atoms with Crippen LogP contribution in [0.1, 0.15) is 68.6 Å². The van der Waals surface area contributed by atoms with Crippen LogP contribution in [0.2, 0.25) is 5.02 Å². The van der Waals surface area contributed by atoms with Crippen LogP contribution in [-0.4, -0.2) is 0 Å². The molecule has 0 radical (unpaired) electrons. The molecule has 0 atom stereocenters. The van der Waals surface area contributed by atoms with Gasteiger partial charge in [0.05, 0.1) is 5.56 Å². The van der Waals surface area contributed by atoms with E-state index < -0.39 is 5.82 Å². The third-order valence-electron chi connectivity index (χ3n) is 5.51. The fourth-order valence-electron chi connectivity index (χ4n) is 3.63. The van der Waals surface area contributed by atoms with Crippen molar-refractivity contribution in [3.05, 3.63) is 94.3 Å². The lowest BCUT2D eigenvalue weighted by atomic mass is 10.00. The average molecular weight is 433 g/mol. The van der Waals surface area contributed by atoms with E-state index in [1.807, 2.05) is 12.1 Å². The molecule has 0 saturated heterocycles. The Labute approximate surface area is 191 Å². The second-order valence-electron chi connectivity index (χ2n) is 8.02. The van der Waals surface area contributed by atoms with E-state index in [9.17, 15) is 4.39 Å². The van der Waals surface area contributed by atoms with Crippen molar-refractivity contribution in [2.24, 2.45) is 0 Å². The van der Waals surface area contributed by atoms with E-state index in [1.165, 1.54) is 62.1 Å². The number of halogens is 2. The molecular formula is C29H30ClF. The van der Waals surface area contributed by atoms with Crippen molar-refractivity contribution in [3.8, 4) is 23.0 Å². The molecule has 3 aromatic carbocycles. The fourth-order valence-corrected chi connectivity index (χ4v) is 3.79. The SMILES string of the molecule is CCCCCCCCCc1ccc(-c2ccc(C#Cc3ccc(Cl)cc3F)cc2)cc1. The molecule has 0 saturated carbocycles. The molecule has 3 rings (SSSR count). The molecule has 0 nitrogen and oxygen atoms in total. The van der Waals surface area contributed by atoms with E-state index in [0.29, 0.717) is 10.6 Å². The summed E-state index contributed by atoms with van der Waals surface area (Å²) in [5, 5.41) is 0.376. The van der Waals surface area contributed by atoms with Crippen molar-refractivity contribution in [2.45, 2.75) is 58.3 Å². The summed E-state index contributed by atoms with van der Waals surface area (Å²) in [6.07, 6.45) is 10.6. The van der Waals surface area contributed by atoms with Gasteiger partial charge in [0.15, 0.2) is 0 Å². The van der Waals surface area contributed by atoms with Crippen molar-refractivity contribution in [3.63, 3.8) is 0 Å². The van der Waals surface area contributed by atoms with Gasteiger partial charge in [-0.15, -0.1) is 0 Å². The van der Waals surface area contributed by atoms with Crippen LogP contribution in [0.25, 0.3) is 11.1 Å². The maximum absolute atomic E-state index is 13.8. The van der Waals surface area contributed by atoms with E-state index in [1.54, 1.807) is 12.1 Å². The molecule has 0 spiro atoms. The van der Waals surface area contributed by atoms with Gasteiger partial charge in [0.25, 0.3) is 0 Å². The average Bonchev–Trinajstić information content (AvgIpc) is 2.79. The molecule has 0 unspecified atom stereocenters. The van der Waals surface area contributed by atoms with Gasteiger partial charge in [-0.05, 0) is 59.9 Å². The Hall–Kier alpha value is -2.56. The summed E-state index contributed by atoms with van der Waals surface area (Å²) in [5.74, 6) is 5.50. The number of aryl methyl sites for hydroxylation is 1. The molecule has 0 heterocycles. The number of rotatable bonds is 9. The molecule has 0 aromatic heterocycles. The third kappa shape index (κ3) is 7.57. The highest BCUT2D eigenvalue weighted by molar-refractivity contribution is 6.30. The standard InChI is InChI=1S/C29H30ClF/c1-2-3-4-5-6-7-8-9-23-10-15-25(16-11-23)26-17-12-24(13-18-26)14-19-27-20-21-28(30)22-29(27)31/h10-13,15-18,20-22H,2-9H2,1H3. The first kappa shape index (κ1) is 23.1. The molecule has 0 aliphatic carbocycles. The quantitative estimate of drug-likeness (QED) is 0.234. The molecule has 160 valence electrons. The highest BCUT2D eigenvalue weighted by Gasteiger charge is 2.01. The zero-order valence-electron chi connectivity index (χ0n) is 18.3. The highest BCUT2D eigenvalue weighted by Crippen LogP contribution is 2.21. The maximum Gasteiger partial charge on any atom is 0.140 e. The van der Waals surface area contributed by atoms with Crippen LogP contribution in [0.15, 0.2) is 66.7 Å². The van der Waals surface area contributed by atoms with Gasteiger partial charge < -0.3 is 0 Å². The normalized spacial score (nSPS) is 10.5. The first-order valence-electron chi connectivity index (χ1n) is 11.3. The molecule has 0 fully saturated rings. The van der Waals surface area contributed by atoms with Gasteiger partial charge in [-0.25, -0.2) is 4.39 Å². The molecule has 0 bridgehead atoms. The van der Waals surface area contributed by atoms with E-state index in [2.05, 4.69) is 55.2 Å². The molecule has 0 amide bonds. The summed E-state index contributed by atoms with van der Waals surface area (Å²) in [5.41, 5.74) is 4.97. The molecule has 31 heavy (non-hydrogen) atoms. The number of benzene rings is 3. The topological polar surface area (TPSA) is 0 Å². The van der Waals surface area contributed by atoms with Crippen molar-refractivity contribution in [2.75, 3.05) is 0 Å². The Bertz CT molecular complexity index is 1010. The summed E-state index contributed by atoms with van der Waals surface area (Å²) < 4.78 is 13.8. The van der Waals surface area contributed by atoms with Gasteiger partial charge in [-0.3, -0.25) is 0 Å². The lowest BCUT2D eigenvalue weighted by Gasteiger charge is -2.05. The molecule has 0 N–H and O–H groups in total. The monoisotopic (exact) mass is 432 g/mol. The Morgan fingerprint density at radius 3 is 1.97 bits per heavy atom. The first-order chi connectivity index (χ1) is 15.2. The third-order valence-corrected chi connectivity index (χ3v) is 5.75. The predicted octanol–water partition coefficient (Wildman–Crippen LogP) is 8.84. The number of hydrogen-bond acceptors (Lipinski definition) is 0. The number of unbranched alkanes of at least 4 members (excludes halogenated alkanes) is 6. The van der Waals surface area contributed by atoms with Crippen LogP contribution in [0.5, 0.6) is 0 Å². The Balaban J connectivity index is 1.52. The van der Waals surface area contributed by atoms with Crippen LogP contribution in [-0.2, 0) is 6.42 Å². The Kier molecular flexibility index (Phi) is 9.19. The zero-order valence-corrected chi connectivity index (χ0v) is 19.0. The van der Waals surface area contributed by atoms with Crippen molar-refractivity contribution in [1.29, 1.82) is 0 Å². The van der Waals surface area contributed by atoms with Gasteiger partial charge in [-0.2, -0.15) is 0 Å².